The fourth-order valence-electron chi connectivity index (χ4n) is 1.11. The van der Waals surface area contributed by atoms with Crippen LogP contribution in [0.1, 0.15) is 12.5 Å². The maximum Gasteiger partial charge on any atom is 0.184 e. The van der Waals surface area contributed by atoms with Crippen LogP contribution in [0.3, 0.4) is 0 Å². The molecule has 1 N–H and O–H groups in total. The molecule has 1 unspecified atom stereocenters. The summed E-state index contributed by atoms with van der Waals surface area (Å²) in [5.74, 6) is 0.853. The molecule has 2 rings (SSSR count). The monoisotopic (exact) mass is 165 g/mol. The smallest absolute Gasteiger partial charge is 0.184 e. The first-order chi connectivity index (χ1) is 5.74. The van der Waals surface area contributed by atoms with Crippen LogP contribution < -0.4 is 10.2 Å². The van der Waals surface area contributed by atoms with Crippen molar-refractivity contribution in [3.63, 3.8) is 0 Å². The van der Waals surface area contributed by atoms with E-state index in [0.29, 0.717) is 0 Å². The van der Waals surface area contributed by atoms with Crippen molar-refractivity contribution >= 4 is 0 Å². The molecule has 1 aliphatic heterocycles. The van der Waals surface area contributed by atoms with Crippen molar-refractivity contribution < 1.29 is 9.57 Å². The van der Waals surface area contributed by atoms with Crippen LogP contribution in [0, 0.1) is 0 Å². The predicted octanol–water partition coefficient (Wildman–Crippen LogP) is 1.40. The first-order valence-electron chi connectivity index (χ1n) is 3.84. The number of methoxy groups -OCH3 is 1. The summed E-state index contributed by atoms with van der Waals surface area (Å²) in [7, 11) is 1.66. The number of nitrogens with one attached hydrogen (secondary N) is 1. The summed E-state index contributed by atoms with van der Waals surface area (Å²) in [5.41, 5.74) is 3.61. The lowest BCUT2D eigenvalue weighted by atomic mass is 10.1. The molecule has 3 nitrogen and oxygen atoms in total. The molecule has 1 saturated heterocycles. The van der Waals surface area contributed by atoms with E-state index in [1.165, 1.54) is 0 Å². The van der Waals surface area contributed by atoms with Crippen molar-refractivity contribution in [2.75, 3.05) is 7.11 Å². The molecule has 12 heavy (non-hydrogen) atoms. The Bertz CT molecular complexity index is 294. The van der Waals surface area contributed by atoms with E-state index >= 15 is 0 Å². The maximum atomic E-state index is 5.09. The van der Waals surface area contributed by atoms with Gasteiger partial charge in [-0.2, -0.15) is 5.48 Å². The zero-order valence-corrected chi connectivity index (χ0v) is 7.13. The summed E-state index contributed by atoms with van der Waals surface area (Å²) in [4.78, 5) is 5.08. The highest BCUT2D eigenvalue weighted by atomic mass is 16.8. The summed E-state index contributed by atoms with van der Waals surface area (Å²) in [6.45, 7) is 1.97. The van der Waals surface area contributed by atoms with Gasteiger partial charge in [0.25, 0.3) is 0 Å². The minimum absolute atomic E-state index is 0.297. The van der Waals surface area contributed by atoms with Gasteiger partial charge < -0.3 is 4.74 Å². The molecule has 3 heteroatoms. The van der Waals surface area contributed by atoms with E-state index in [1.807, 2.05) is 31.2 Å². The predicted molar refractivity (Wildman–Crippen MR) is 44.6 cm³/mol. The molecule has 0 spiro atoms. The van der Waals surface area contributed by atoms with Gasteiger partial charge in [0.1, 0.15) is 5.75 Å². The van der Waals surface area contributed by atoms with Gasteiger partial charge in [0.05, 0.1) is 7.11 Å². The van der Waals surface area contributed by atoms with Crippen LogP contribution in [0.25, 0.3) is 0 Å². The van der Waals surface area contributed by atoms with Crippen LogP contribution in [0.15, 0.2) is 24.3 Å². The second-order valence-corrected chi connectivity index (χ2v) is 2.97. The van der Waals surface area contributed by atoms with Crippen molar-refractivity contribution in [1.29, 1.82) is 0 Å². The Labute approximate surface area is 71.3 Å². The van der Waals surface area contributed by atoms with E-state index in [2.05, 4.69) is 5.48 Å². The molecule has 1 atom stereocenters. The zero-order chi connectivity index (χ0) is 8.60. The average Bonchev–Trinajstić information content (AvgIpc) is 2.85. The number of benzene rings is 1. The maximum absolute atomic E-state index is 5.09. The first-order valence-corrected chi connectivity index (χ1v) is 3.84. The van der Waals surface area contributed by atoms with E-state index in [0.717, 1.165) is 11.3 Å². The molecule has 0 radical (unpaired) electrons. The minimum Gasteiger partial charge on any atom is -0.497 e. The van der Waals surface area contributed by atoms with Gasteiger partial charge >= 0.3 is 0 Å². The van der Waals surface area contributed by atoms with Gasteiger partial charge in [-0.1, -0.05) is 12.1 Å². The second kappa shape index (κ2) is 2.47. The van der Waals surface area contributed by atoms with Crippen LogP contribution in [0.5, 0.6) is 5.75 Å². The van der Waals surface area contributed by atoms with Crippen molar-refractivity contribution in [2.45, 2.75) is 12.6 Å². The Hall–Kier alpha value is -1.06. The highest BCUT2D eigenvalue weighted by molar-refractivity contribution is 5.32. The Morgan fingerprint density at radius 2 is 2.25 bits per heavy atom. The molecule has 1 aromatic carbocycles. The molecule has 64 valence electrons. The number of hydrogen-bond acceptors (Lipinski definition) is 3. The van der Waals surface area contributed by atoms with E-state index in [1.54, 1.807) is 7.11 Å². The van der Waals surface area contributed by atoms with Gasteiger partial charge in [-0.05, 0) is 19.1 Å². The lowest BCUT2D eigenvalue weighted by molar-refractivity contribution is 0.310. The van der Waals surface area contributed by atoms with Crippen LogP contribution in [0.4, 0.5) is 0 Å². The summed E-state index contributed by atoms with van der Waals surface area (Å²) < 4.78 is 5.09. The fraction of sp³-hybridized carbons (Fsp3) is 0.333. The minimum atomic E-state index is -0.297. The fourth-order valence-corrected chi connectivity index (χ4v) is 1.11. The summed E-state index contributed by atoms with van der Waals surface area (Å²) in [5, 5.41) is 0. The SMILES string of the molecule is COc1cccc(C2(C)NO2)c1. The zero-order valence-electron chi connectivity index (χ0n) is 7.13. The Kier molecular flexibility index (Phi) is 1.56. The average molecular weight is 165 g/mol. The number of hydroxylamine groups is 1. The first kappa shape index (κ1) is 7.58. The van der Waals surface area contributed by atoms with Gasteiger partial charge in [0.15, 0.2) is 5.72 Å². The van der Waals surface area contributed by atoms with Crippen LogP contribution in [0.2, 0.25) is 0 Å². The Balaban J connectivity index is 2.32. The molecule has 1 heterocycles. The number of rotatable bonds is 2. The summed E-state index contributed by atoms with van der Waals surface area (Å²) in [6.07, 6.45) is 0. The van der Waals surface area contributed by atoms with Crippen LogP contribution in [-0.2, 0) is 10.6 Å². The standard InChI is InChI=1S/C9H11NO2/c1-9(10-12-9)7-4-3-5-8(6-7)11-2/h3-6,10H,1-2H3. The van der Waals surface area contributed by atoms with Gasteiger partial charge in [-0.15, -0.1) is 0 Å². The molecule has 1 aliphatic rings. The van der Waals surface area contributed by atoms with Crippen molar-refractivity contribution in [3.05, 3.63) is 29.8 Å². The van der Waals surface area contributed by atoms with E-state index < -0.39 is 0 Å². The van der Waals surface area contributed by atoms with Crippen LogP contribution >= 0.6 is 0 Å². The van der Waals surface area contributed by atoms with Gasteiger partial charge in [0, 0.05) is 5.56 Å². The van der Waals surface area contributed by atoms with Gasteiger partial charge in [0.2, 0.25) is 0 Å². The molecule has 1 fully saturated rings. The summed E-state index contributed by atoms with van der Waals surface area (Å²) >= 11 is 0. The van der Waals surface area contributed by atoms with Gasteiger partial charge in [-0.3, -0.25) is 4.84 Å². The normalized spacial score (nSPS) is 26.8. The topological polar surface area (TPSA) is 43.7 Å². The molecule has 0 amide bonds. The largest absolute Gasteiger partial charge is 0.497 e. The number of ether oxygens (including phenoxy) is 1. The molecule has 1 aromatic rings. The Morgan fingerprint density at radius 1 is 1.50 bits per heavy atom. The lowest BCUT2D eigenvalue weighted by Gasteiger charge is -2.05. The molecular weight excluding hydrogens is 154 g/mol. The lowest BCUT2D eigenvalue weighted by Crippen LogP contribution is -2.06. The third-order valence-corrected chi connectivity index (χ3v) is 2.03. The Morgan fingerprint density at radius 3 is 2.83 bits per heavy atom. The highest BCUT2D eigenvalue weighted by Gasteiger charge is 2.41. The molecular formula is C9H11NO2. The second-order valence-electron chi connectivity index (χ2n) is 2.97. The summed E-state index contributed by atoms with van der Waals surface area (Å²) in [6, 6.07) is 7.82. The van der Waals surface area contributed by atoms with Crippen molar-refractivity contribution in [2.24, 2.45) is 0 Å². The molecule has 0 aliphatic carbocycles. The quantitative estimate of drug-likeness (QED) is 0.674. The third kappa shape index (κ3) is 1.17. The van der Waals surface area contributed by atoms with Crippen LogP contribution in [-0.4, -0.2) is 7.11 Å². The highest BCUT2D eigenvalue weighted by Crippen LogP contribution is 2.33. The van der Waals surface area contributed by atoms with Crippen molar-refractivity contribution in [1.82, 2.24) is 5.48 Å². The van der Waals surface area contributed by atoms with E-state index in [-0.39, 0.29) is 5.72 Å². The molecule has 0 bridgehead atoms. The van der Waals surface area contributed by atoms with Crippen molar-refractivity contribution in [3.8, 4) is 5.75 Å². The van der Waals surface area contributed by atoms with Gasteiger partial charge in [-0.25, -0.2) is 0 Å². The third-order valence-electron chi connectivity index (χ3n) is 2.03. The molecule has 0 saturated carbocycles. The number of hydrogen-bond donors (Lipinski definition) is 1. The van der Waals surface area contributed by atoms with E-state index in [9.17, 15) is 0 Å². The molecule has 0 aromatic heterocycles. The van der Waals surface area contributed by atoms with E-state index in [4.69, 9.17) is 9.57 Å².